The average Bonchev–Trinajstić information content (AvgIpc) is 2.66. The summed E-state index contributed by atoms with van der Waals surface area (Å²) in [5.74, 6) is 0. The van der Waals surface area contributed by atoms with E-state index in [1.807, 2.05) is 13.0 Å². The molecule has 0 aliphatic heterocycles. The fraction of sp³-hybridized carbons (Fsp3) is 0.182. The Morgan fingerprint density at radius 2 is 2.11 bits per heavy atom. The molecule has 0 amide bonds. The molecule has 2 rings (SSSR count). The second-order valence-electron chi connectivity index (χ2n) is 3.94. The van der Waals surface area contributed by atoms with Crippen LogP contribution in [0.4, 0.5) is 5.69 Å². The van der Waals surface area contributed by atoms with Crippen LogP contribution in [-0.2, 0) is 17.1 Å². The number of hydrogen-bond acceptors (Lipinski definition) is 3. The van der Waals surface area contributed by atoms with Crippen LogP contribution < -0.4 is 4.72 Å². The van der Waals surface area contributed by atoms with Crippen LogP contribution in [0.1, 0.15) is 5.56 Å². The third-order valence-electron chi connectivity index (χ3n) is 2.33. The van der Waals surface area contributed by atoms with Gasteiger partial charge in [0.05, 0.1) is 11.9 Å². The summed E-state index contributed by atoms with van der Waals surface area (Å²) in [5.41, 5.74) is 1.32. The molecule has 0 aliphatic carbocycles. The smallest absolute Gasteiger partial charge is 0.263 e. The van der Waals surface area contributed by atoms with Crippen molar-refractivity contribution < 1.29 is 8.42 Å². The molecule has 18 heavy (non-hydrogen) atoms. The first kappa shape index (κ1) is 13.1. The Morgan fingerprint density at radius 1 is 1.39 bits per heavy atom. The van der Waals surface area contributed by atoms with Crippen molar-refractivity contribution in [1.82, 2.24) is 9.78 Å². The Balaban J connectivity index is 2.39. The van der Waals surface area contributed by atoms with E-state index in [1.165, 1.54) is 10.9 Å². The van der Waals surface area contributed by atoms with Crippen LogP contribution in [0.2, 0.25) is 0 Å². The van der Waals surface area contributed by atoms with Gasteiger partial charge in [0.15, 0.2) is 0 Å². The number of aryl methyl sites for hydroxylation is 2. The van der Waals surface area contributed by atoms with E-state index in [0.717, 1.165) is 5.56 Å². The molecule has 1 aromatic heterocycles. The van der Waals surface area contributed by atoms with Crippen LogP contribution in [0.5, 0.6) is 0 Å². The van der Waals surface area contributed by atoms with Crippen molar-refractivity contribution in [2.45, 2.75) is 11.8 Å². The first-order valence-corrected chi connectivity index (χ1v) is 7.44. The predicted octanol–water partition coefficient (Wildman–Crippen LogP) is 2.29. The second kappa shape index (κ2) is 4.74. The van der Waals surface area contributed by atoms with E-state index in [2.05, 4.69) is 25.8 Å². The lowest BCUT2D eigenvalue weighted by Gasteiger charge is -2.08. The maximum Gasteiger partial charge on any atom is 0.263 e. The quantitative estimate of drug-likeness (QED) is 0.939. The van der Waals surface area contributed by atoms with Gasteiger partial charge in [0.2, 0.25) is 0 Å². The summed E-state index contributed by atoms with van der Waals surface area (Å²) in [6.07, 6.45) is 3.06. The zero-order chi connectivity index (χ0) is 13.3. The second-order valence-corrected chi connectivity index (χ2v) is 6.45. The van der Waals surface area contributed by atoms with Crippen molar-refractivity contribution in [2.75, 3.05) is 4.72 Å². The van der Waals surface area contributed by atoms with Crippen LogP contribution >= 0.6 is 15.9 Å². The maximum absolute atomic E-state index is 12.2. The standard InChI is InChI=1S/C11H12BrN3O2S/c1-8-3-4-10(12)11(5-8)18(16,17)14-9-6-13-15(2)7-9/h3-7,14H,1-2H3. The highest BCUT2D eigenvalue weighted by Gasteiger charge is 2.18. The van der Waals surface area contributed by atoms with Gasteiger partial charge >= 0.3 is 0 Å². The monoisotopic (exact) mass is 329 g/mol. The number of hydrogen-bond donors (Lipinski definition) is 1. The Bertz CT molecular complexity index is 679. The number of anilines is 1. The minimum Gasteiger partial charge on any atom is -0.276 e. The number of halogens is 1. The molecule has 0 unspecified atom stereocenters. The van der Waals surface area contributed by atoms with Crippen LogP contribution in [-0.4, -0.2) is 18.2 Å². The van der Waals surface area contributed by atoms with Gasteiger partial charge in [-0.05, 0) is 40.5 Å². The van der Waals surface area contributed by atoms with Crippen LogP contribution in [0.15, 0.2) is 40.0 Å². The molecule has 0 aliphatic rings. The van der Waals surface area contributed by atoms with Gasteiger partial charge in [-0.1, -0.05) is 6.07 Å². The Hall–Kier alpha value is -1.34. The third kappa shape index (κ3) is 2.73. The van der Waals surface area contributed by atoms with Crippen molar-refractivity contribution in [2.24, 2.45) is 7.05 Å². The normalized spacial score (nSPS) is 11.5. The molecule has 1 N–H and O–H groups in total. The van der Waals surface area contributed by atoms with Gasteiger partial charge in [0.1, 0.15) is 4.90 Å². The number of benzene rings is 1. The fourth-order valence-electron chi connectivity index (χ4n) is 1.50. The molecule has 0 radical (unpaired) electrons. The van der Waals surface area contributed by atoms with Crippen molar-refractivity contribution in [3.05, 3.63) is 40.6 Å². The van der Waals surface area contributed by atoms with E-state index in [-0.39, 0.29) is 4.90 Å². The lowest BCUT2D eigenvalue weighted by Crippen LogP contribution is -2.13. The van der Waals surface area contributed by atoms with Crippen molar-refractivity contribution in [3.8, 4) is 0 Å². The van der Waals surface area contributed by atoms with Gasteiger partial charge in [-0.25, -0.2) is 8.42 Å². The topological polar surface area (TPSA) is 64.0 Å². The summed E-state index contributed by atoms with van der Waals surface area (Å²) in [5, 5.41) is 3.91. The highest BCUT2D eigenvalue weighted by atomic mass is 79.9. The molecule has 0 atom stereocenters. The van der Waals surface area contributed by atoms with E-state index >= 15 is 0 Å². The molecule has 1 heterocycles. The van der Waals surface area contributed by atoms with Crippen molar-refractivity contribution in [1.29, 1.82) is 0 Å². The van der Waals surface area contributed by atoms with E-state index in [9.17, 15) is 8.42 Å². The summed E-state index contributed by atoms with van der Waals surface area (Å²) >= 11 is 3.24. The average molecular weight is 330 g/mol. The molecule has 2 aromatic rings. The van der Waals surface area contributed by atoms with Gasteiger partial charge in [0, 0.05) is 17.7 Å². The first-order valence-electron chi connectivity index (χ1n) is 5.16. The van der Waals surface area contributed by atoms with E-state index in [1.54, 1.807) is 25.4 Å². The molecule has 1 aromatic carbocycles. The van der Waals surface area contributed by atoms with E-state index in [4.69, 9.17) is 0 Å². The SMILES string of the molecule is Cc1ccc(Br)c(S(=O)(=O)Nc2cnn(C)c2)c1. The minimum absolute atomic E-state index is 0.214. The van der Waals surface area contributed by atoms with Gasteiger partial charge in [-0.3, -0.25) is 9.40 Å². The van der Waals surface area contributed by atoms with Crippen LogP contribution in [0.3, 0.4) is 0 Å². The largest absolute Gasteiger partial charge is 0.276 e. The molecule has 7 heteroatoms. The molecule has 0 saturated heterocycles. The first-order chi connectivity index (χ1) is 8.38. The molecular formula is C11H12BrN3O2S. The Kier molecular flexibility index (Phi) is 3.45. The number of sulfonamides is 1. The highest BCUT2D eigenvalue weighted by Crippen LogP contribution is 2.24. The predicted molar refractivity (Wildman–Crippen MR) is 72.9 cm³/mol. The summed E-state index contributed by atoms with van der Waals surface area (Å²) in [6, 6.07) is 5.17. The molecule has 5 nitrogen and oxygen atoms in total. The minimum atomic E-state index is -3.60. The summed E-state index contributed by atoms with van der Waals surface area (Å²) in [7, 11) is -1.88. The summed E-state index contributed by atoms with van der Waals surface area (Å²) in [6.45, 7) is 1.84. The van der Waals surface area contributed by atoms with E-state index in [0.29, 0.717) is 10.2 Å². The van der Waals surface area contributed by atoms with Gasteiger partial charge in [-0.15, -0.1) is 0 Å². The fourth-order valence-corrected chi connectivity index (χ4v) is 3.58. The van der Waals surface area contributed by atoms with Crippen LogP contribution in [0.25, 0.3) is 0 Å². The molecular weight excluding hydrogens is 318 g/mol. The summed E-state index contributed by atoms with van der Waals surface area (Å²) < 4.78 is 29.0. The molecule has 0 fully saturated rings. The lowest BCUT2D eigenvalue weighted by atomic mass is 10.2. The number of nitrogens with one attached hydrogen (secondary N) is 1. The molecule has 0 bridgehead atoms. The van der Waals surface area contributed by atoms with E-state index < -0.39 is 10.0 Å². The lowest BCUT2D eigenvalue weighted by molar-refractivity contribution is 0.600. The van der Waals surface area contributed by atoms with Crippen molar-refractivity contribution >= 4 is 31.6 Å². The number of nitrogens with zero attached hydrogens (tertiary/aromatic N) is 2. The Morgan fingerprint density at radius 3 is 2.72 bits per heavy atom. The maximum atomic E-state index is 12.2. The molecule has 0 saturated carbocycles. The van der Waals surface area contributed by atoms with Gasteiger partial charge in [0.25, 0.3) is 10.0 Å². The van der Waals surface area contributed by atoms with Gasteiger partial charge in [-0.2, -0.15) is 5.10 Å². The van der Waals surface area contributed by atoms with Crippen LogP contribution in [0, 0.1) is 6.92 Å². The van der Waals surface area contributed by atoms with Crippen molar-refractivity contribution in [3.63, 3.8) is 0 Å². The number of aromatic nitrogens is 2. The summed E-state index contributed by atoms with van der Waals surface area (Å²) in [4.78, 5) is 0.214. The zero-order valence-corrected chi connectivity index (χ0v) is 12.3. The molecule has 0 spiro atoms. The number of rotatable bonds is 3. The van der Waals surface area contributed by atoms with Gasteiger partial charge < -0.3 is 0 Å². The zero-order valence-electron chi connectivity index (χ0n) is 9.88. The Labute approximate surface area is 114 Å². The highest BCUT2D eigenvalue weighted by molar-refractivity contribution is 9.10. The molecule has 96 valence electrons. The third-order valence-corrected chi connectivity index (χ3v) is 4.71.